The molecule has 3 heterocycles. The van der Waals surface area contributed by atoms with Crippen molar-refractivity contribution in [3.05, 3.63) is 72.2 Å². The second kappa shape index (κ2) is 10.2. The summed E-state index contributed by atoms with van der Waals surface area (Å²) in [6.07, 6.45) is 5.34. The van der Waals surface area contributed by atoms with E-state index in [2.05, 4.69) is 57.3 Å². The molecular weight excluding hydrogens is 436 g/mol. The highest BCUT2D eigenvalue weighted by Crippen LogP contribution is 2.35. The predicted octanol–water partition coefficient (Wildman–Crippen LogP) is 4.78. The van der Waals surface area contributed by atoms with Crippen LogP contribution in [0.25, 0.3) is 22.0 Å². The number of aromatic amines is 1. The van der Waals surface area contributed by atoms with Crippen molar-refractivity contribution in [3.63, 3.8) is 0 Å². The maximum atomic E-state index is 9.78. The Morgan fingerprint density at radius 3 is 2.66 bits per heavy atom. The van der Waals surface area contributed by atoms with Crippen molar-refractivity contribution in [2.24, 2.45) is 0 Å². The lowest BCUT2D eigenvalue weighted by molar-refractivity contribution is 0.134. The minimum Gasteiger partial charge on any atom is -0.492 e. The van der Waals surface area contributed by atoms with Gasteiger partial charge in [-0.15, -0.1) is 0 Å². The fraction of sp³-hybridized carbons (Fsp3) is 0.286. The number of rotatable bonds is 7. The SMILES string of the molecule is Cc1cc2[nH]ccc2cc1Nc1c(C#N)cncc1-c1ccc(OCCN2CCN(C)CC2)cc1. The number of likely N-dealkylation sites (N-methyl/N-ethyl adjacent to an activating group) is 1. The first-order valence-electron chi connectivity index (χ1n) is 12.0. The maximum absolute atomic E-state index is 9.78. The Morgan fingerprint density at radius 2 is 1.89 bits per heavy atom. The van der Waals surface area contributed by atoms with Crippen LogP contribution in [0.1, 0.15) is 11.1 Å². The summed E-state index contributed by atoms with van der Waals surface area (Å²) in [6, 6.07) is 16.6. The summed E-state index contributed by atoms with van der Waals surface area (Å²) in [5.74, 6) is 0.843. The highest BCUT2D eigenvalue weighted by atomic mass is 16.5. The van der Waals surface area contributed by atoms with E-state index in [0.717, 1.165) is 77.4 Å². The van der Waals surface area contributed by atoms with E-state index in [0.29, 0.717) is 12.2 Å². The van der Waals surface area contributed by atoms with Crippen LogP contribution in [0, 0.1) is 18.3 Å². The van der Waals surface area contributed by atoms with E-state index in [1.165, 1.54) is 0 Å². The van der Waals surface area contributed by atoms with E-state index < -0.39 is 0 Å². The quantitative estimate of drug-likeness (QED) is 0.408. The molecule has 178 valence electrons. The summed E-state index contributed by atoms with van der Waals surface area (Å²) in [6.45, 7) is 8.06. The molecule has 0 amide bonds. The zero-order valence-electron chi connectivity index (χ0n) is 20.2. The van der Waals surface area contributed by atoms with Crippen molar-refractivity contribution in [3.8, 4) is 22.9 Å². The Bertz CT molecular complexity index is 1350. The number of benzene rings is 2. The largest absolute Gasteiger partial charge is 0.492 e. The van der Waals surface area contributed by atoms with Gasteiger partial charge in [0, 0.05) is 73.5 Å². The number of hydrogen-bond donors (Lipinski definition) is 2. The molecule has 7 heteroatoms. The lowest BCUT2D eigenvalue weighted by Gasteiger charge is -2.32. The van der Waals surface area contributed by atoms with Gasteiger partial charge in [0.1, 0.15) is 18.4 Å². The molecule has 0 bridgehead atoms. The Hall–Kier alpha value is -3.86. The molecule has 2 N–H and O–H groups in total. The molecule has 1 aliphatic rings. The molecule has 0 spiro atoms. The number of hydrogen-bond acceptors (Lipinski definition) is 6. The van der Waals surface area contributed by atoms with E-state index in [-0.39, 0.29) is 0 Å². The van der Waals surface area contributed by atoms with Gasteiger partial charge in [0.15, 0.2) is 0 Å². The molecule has 0 aliphatic carbocycles. The average molecular weight is 467 g/mol. The van der Waals surface area contributed by atoms with E-state index >= 15 is 0 Å². The molecule has 2 aromatic carbocycles. The number of H-pyrrole nitrogens is 1. The standard InChI is InChI=1S/C28H30N6O/c1-20-15-27-22(7-8-31-27)16-26(20)32-28-23(17-29)18-30-19-25(28)21-3-5-24(6-4-21)35-14-13-34-11-9-33(2)10-12-34/h3-8,15-16,18-19,31H,9-14H2,1-2H3,(H,30,32). The predicted molar refractivity (Wildman–Crippen MR) is 140 cm³/mol. The van der Waals surface area contributed by atoms with Crippen LogP contribution >= 0.6 is 0 Å². The molecule has 0 atom stereocenters. The minimum atomic E-state index is 0.503. The lowest BCUT2D eigenvalue weighted by atomic mass is 10.0. The topological polar surface area (TPSA) is 80.2 Å². The van der Waals surface area contributed by atoms with Crippen LogP contribution < -0.4 is 10.1 Å². The van der Waals surface area contributed by atoms with Gasteiger partial charge < -0.3 is 19.9 Å². The molecule has 4 aromatic rings. The Balaban J connectivity index is 1.33. The van der Waals surface area contributed by atoms with Crippen molar-refractivity contribution in [2.45, 2.75) is 6.92 Å². The molecule has 0 unspecified atom stereocenters. The third kappa shape index (κ3) is 5.14. The van der Waals surface area contributed by atoms with E-state index in [1.54, 1.807) is 12.4 Å². The average Bonchev–Trinajstić information content (AvgIpc) is 3.33. The fourth-order valence-corrected chi connectivity index (χ4v) is 4.47. The zero-order valence-corrected chi connectivity index (χ0v) is 20.2. The highest BCUT2D eigenvalue weighted by Gasteiger charge is 2.15. The van der Waals surface area contributed by atoms with Crippen molar-refractivity contribution < 1.29 is 4.74 Å². The lowest BCUT2D eigenvalue weighted by Crippen LogP contribution is -2.45. The first kappa shape index (κ1) is 22.9. The first-order chi connectivity index (χ1) is 17.1. The van der Waals surface area contributed by atoms with Gasteiger partial charge in [0.2, 0.25) is 0 Å². The van der Waals surface area contributed by atoms with Gasteiger partial charge in [0.25, 0.3) is 0 Å². The van der Waals surface area contributed by atoms with Gasteiger partial charge >= 0.3 is 0 Å². The maximum Gasteiger partial charge on any atom is 0.119 e. The number of piperazine rings is 1. The number of nitrogens with zero attached hydrogens (tertiary/aromatic N) is 4. The highest BCUT2D eigenvalue weighted by molar-refractivity contribution is 5.89. The number of anilines is 2. The Labute approximate surface area is 206 Å². The molecule has 2 aromatic heterocycles. The second-order valence-corrected chi connectivity index (χ2v) is 9.10. The van der Waals surface area contributed by atoms with Crippen molar-refractivity contribution in [1.29, 1.82) is 5.26 Å². The second-order valence-electron chi connectivity index (χ2n) is 9.10. The summed E-state index contributed by atoms with van der Waals surface area (Å²) < 4.78 is 6.00. The number of aryl methyl sites for hydroxylation is 1. The Morgan fingerprint density at radius 1 is 1.09 bits per heavy atom. The Kier molecular flexibility index (Phi) is 6.66. The fourth-order valence-electron chi connectivity index (χ4n) is 4.47. The normalized spacial score (nSPS) is 14.7. The van der Waals surface area contributed by atoms with Crippen LogP contribution in [-0.4, -0.2) is 66.1 Å². The smallest absolute Gasteiger partial charge is 0.119 e. The number of aromatic nitrogens is 2. The molecule has 7 nitrogen and oxygen atoms in total. The molecule has 1 fully saturated rings. The van der Waals surface area contributed by atoms with Gasteiger partial charge in [-0.25, -0.2) is 0 Å². The van der Waals surface area contributed by atoms with Gasteiger partial charge in [-0.1, -0.05) is 12.1 Å². The van der Waals surface area contributed by atoms with E-state index in [1.807, 2.05) is 36.5 Å². The molecule has 5 rings (SSSR count). The summed E-state index contributed by atoms with van der Waals surface area (Å²) in [5, 5.41) is 14.4. The van der Waals surface area contributed by atoms with Crippen molar-refractivity contribution in [2.75, 3.05) is 51.7 Å². The van der Waals surface area contributed by atoms with Gasteiger partial charge in [-0.2, -0.15) is 5.26 Å². The summed E-state index contributed by atoms with van der Waals surface area (Å²) >= 11 is 0. The van der Waals surface area contributed by atoms with Gasteiger partial charge in [-0.05, 0) is 55.4 Å². The van der Waals surface area contributed by atoms with E-state index in [4.69, 9.17) is 4.74 Å². The molecule has 1 aliphatic heterocycles. The molecule has 0 radical (unpaired) electrons. The van der Waals surface area contributed by atoms with Gasteiger partial charge in [0.05, 0.1) is 11.3 Å². The van der Waals surface area contributed by atoms with E-state index in [9.17, 15) is 5.26 Å². The first-order valence-corrected chi connectivity index (χ1v) is 12.0. The number of nitrogens with one attached hydrogen (secondary N) is 2. The number of ether oxygens (including phenoxy) is 1. The summed E-state index contributed by atoms with van der Waals surface area (Å²) in [5.41, 5.74) is 6.26. The van der Waals surface area contributed by atoms with Crippen molar-refractivity contribution >= 4 is 22.3 Å². The third-order valence-electron chi connectivity index (χ3n) is 6.66. The number of nitriles is 1. The van der Waals surface area contributed by atoms with Gasteiger partial charge in [-0.3, -0.25) is 9.88 Å². The summed E-state index contributed by atoms with van der Waals surface area (Å²) in [7, 11) is 2.17. The number of fused-ring (bicyclic) bond motifs is 1. The minimum absolute atomic E-state index is 0.503. The molecule has 35 heavy (non-hydrogen) atoms. The van der Waals surface area contributed by atoms with Crippen LogP contribution in [-0.2, 0) is 0 Å². The molecule has 0 saturated carbocycles. The van der Waals surface area contributed by atoms with Crippen LogP contribution in [0.2, 0.25) is 0 Å². The third-order valence-corrected chi connectivity index (χ3v) is 6.66. The summed E-state index contributed by atoms with van der Waals surface area (Å²) in [4.78, 5) is 12.4. The van der Waals surface area contributed by atoms with Crippen LogP contribution in [0.5, 0.6) is 5.75 Å². The molecular formula is C28H30N6O. The zero-order chi connectivity index (χ0) is 24.2. The van der Waals surface area contributed by atoms with Crippen molar-refractivity contribution in [1.82, 2.24) is 19.8 Å². The molecule has 1 saturated heterocycles. The van der Waals surface area contributed by atoms with Crippen LogP contribution in [0.15, 0.2) is 61.1 Å². The van der Waals surface area contributed by atoms with Crippen LogP contribution in [0.4, 0.5) is 11.4 Å². The van der Waals surface area contributed by atoms with Crippen LogP contribution in [0.3, 0.4) is 0 Å². The monoisotopic (exact) mass is 466 g/mol. The number of pyridine rings is 1.